The van der Waals surface area contributed by atoms with Gasteiger partial charge in [-0.15, -0.1) is 0 Å². The molecule has 0 fully saturated rings. The van der Waals surface area contributed by atoms with Crippen LogP contribution in [0, 0.1) is 0 Å². The summed E-state index contributed by atoms with van der Waals surface area (Å²) < 4.78 is 0. The fourth-order valence-electron chi connectivity index (χ4n) is 3.72. The van der Waals surface area contributed by atoms with Crippen LogP contribution in [0.25, 0.3) is 0 Å². The van der Waals surface area contributed by atoms with E-state index in [2.05, 4.69) is 51.9 Å². The first-order valence-corrected chi connectivity index (χ1v) is 10.3. The van der Waals surface area contributed by atoms with Crippen LogP contribution >= 0.6 is 0 Å². The molecule has 1 atom stereocenters. The monoisotopic (exact) mass is 410 g/mol. The number of amides is 2. The van der Waals surface area contributed by atoms with E-state index in [-0.39, 0.29) is 19.2 Å². The standard InChI is InChI=1S/C23H30N4O3/c1-26(2)19-10-8-18(9-11-19)21(16-25-23(30)22(29)24-13-5-15-28)27-14-12-17-6-3-4-7-20(17)27/h3-4,6-11,21,28H,5,12-16H2,1-2H3,(H,24,29)(H,25,30)/t21-/m0/s1. The Morgan fingerprint density at radius 3 is 2.47 bits per heavy atom. The van der Waals surface area contributed by atoms with Gasteiger partial charge in [0, 0.05) is 51.7 Å². The summed E-state index contributed by atoms with van der Waals surface area (Å²) in [4.78, 5) is 28.6. The molecule has 2 aromatic carbocycles. The van der Waals surface area contributed by atoms with Crippen LogP contribution in [0.2, 0.25) is 0 Å². The predicted octanol–water partition coefficient (Wildman–Crippen LogP) is 1.47. The topological polar surface area (TPSA) is 84.9 Å². The highest BCUT2D eigenvalue weighted by atomic mass is 16.3. The molecule has 0 saturated heterocycles. The molecule has 1 heterocycles. The maximum absolute atomic E-state index is 12.3. The number of para-hydroxylation sites is 1. The van der Waals surface area contributed by atoms with E-state index < -0.39 is 11.8 Å². The van der Waals surface area contributed by atoms with Crippen molar-refractivity contribution >= 4 is 23.2 Å². The maximum Gasteiger partial charge on any atom is 0.309 e. The van der Waals surface area contributed by atoms with Crippen molar-refractivity contribution in [1.82, 2.24) is 10.6 Å². The van der Waals surface area contributed by atoms with Gasteiger partial charge < -0.3 is 25.5 Å². The van der Waals surface area contributed by atoms with Crippen LogP contribution in [0.1, 0.15) is 23.6 Å². The lowest BCUT2D eigenvalue weighted by Crippen LogP contribution is -2.44. The van der Waals surface area contributed by atoms with Gasteiger partial charge >= 0.3 is 11.8 Å². The van der Waals surface area contributed by atoms with Crippen LogP contribution in [0.3, 0.4) is 0 Å². The van der Waals surface area contributed by atoms with E-state index in [4.69, 9.17) is 5.11 Å². The lowest BCUT2D eigenvalue weighted by Gasteiger charge is -2.31. The van der Waals surface area contributed by atoms with Crippen LogP contribution in [-0.4, -0.2) is 57.3 Å². The van der Waals surface area contributed by atoms with Crippen LogP contribution < -0.4 is 20.4 Å². The van der Waals surface area contributed by atoms with Crippen molar-refractivity contribution < 1.29 is 14.7 Å². The molecule has 0 radical (unpaired) electrons. The zero-order valence-corrected chi connectivity index (χ0v) is 17.6. The van der Waals surface area contributed by atoms with E-state index in [1.54, 1.807) is 0 Å². The summed E-state index contributed by atoms with van der Waals surface area (Å²) in [6.45, 7) is 1.43. The molecule has 7 heteroatoms. The highest BCUT2D eigenvalue weighted by Gasteiger charge is 2.28. The Bertz CT molecular complexity index is 867. The van der Waals surface area contributed by atoms with Crippen molar-refractivity contribution in [2.75, 3.05) is 50.1 Å². The molecule has 0 aliphatic carbocycles. The average molecular weight is 411 g/mol. The molecule has 3 N–H and O–H groups in total. The second-order valence-corrected chi connectivity index (χ2v) is 7.62. The third kappa shape index (κ3) is 5.10. The third-order valence-corrected chi connectivity index (χ3v) is 5.38. The Morgan fingerprint density at radius 1 is 1.07 bits per heavy atom. The van der Waals surface area contributed by atoms with Crippen LogP contribution in [0.4, 0.5) is 11.4 Å². The Balaban J connectivity index is 1.77. The molecule has 30 heavy (non-hydrogen) atoms. The van der Waals surface area contributed by atoms with Gasteiger partial charge in [0.2, 0.25) is 0 Å². The number of carbonyl (C=O) groups is 2. The summed E-state index contributed by atoms with van der Waals surface area (Å²) in [5.41, 5.74) is 4.64. The van der Waals surface area contributed by atoms with Crippen molar-refractivity contribution in [3.8, 4) is 0 Å². The van der Waals surface area contributed by atoms with Crippen LogP contribution in [0.15, 0.2) is 48.5 Å². The number of aliphatic hydroxyl groups excluding tert-OH is 1. The van der Waals surface area contributed by atoms with Gasteiger partial charge in [-0.1, -0.05) is 30.3 Å². The Labute approximate surface area is 177 Å². The second kappa shape index (κ2) is 10.1. The summed E-state index contributed by atoms with van der Waals surface area (Å²) in [6.07, 6.45) is 1.38. The van der Waals surface area contributed by atoms with E-state index in [0.29, 0.717) is 13.0 Å². The minimum atomic E-state index is -0.674. The number of aliphatic hydroxyl groups is 1. The number of hydrogen-bond donors (Lipinski definition) is 3. The highest BCUT2D eigenvalue weighted by molar-refractivity contribution is 6.35. The summed E-state index contributed by atoms with van der Waals surface area (Å²) >= 11 is 0. The van der Waals surface area contributed by atoms with Crippen molar-refractivity contribution in [3.63, 3.8) is 0 Å². The van der Waals surface area contributed by atoms with Gasteiger partial charge in [-0.2, -0.15) is 0 Å². The average Bonchev–Trinajstić information content (AvgIpc) is 3.18. The zero-order chi connectivity index (χ0) is 21.5. The molecule has 0 aromatic heterocycles. The molecule has 0 bridgehead atoms. The van der Waals surface area contributed by atoms with Gasteiger partial charge in [0.05, 0.1) is 6.04 Å². The molecule has 1 aliphatic rings. The molecular formula is C23H30N4O3. The molecule has 7 nitrogen and oxygen atoms in total. The lowest BCUT2D eigenvalue weighted by molar-refractivity contribution is -0.139. The molecule has 0 spiro atoms. The van der Waals surface area contributed by atoms with Gasteiger partial charge in [0.25, 0.3) is 0 Å². The Kier molecular flexibility index (Phi) is 7.30. The van der Waals surface area contributed by atoms with Crippen LogP contribution in [-0.2, 0) is 16.0 Å². The molecule has 1 aliphatic heterocycles. The molecule has 0 unspecified atom stereocenters. The van der Waals surface area contributed by atoms with Crippen molar-refractivity contribution in [2.45, 2.75) is 18.9 Å². The van der Waals surface area contributed by atoms with Crippen LogP contribution in [0.5, 0.6) is 0 Å². The van der Waals surface area contributed by atoms with Gasteiger partial charge in [-0.25, -0.2) is 0 Å². The number of rotatable bonds is 8. The predicted molar refractivity (Wildman–Crippen MR) is 119 cm³/mol. The van der Waals surface area contributed by atoms with E-state index in [0.717, 1.165) is 24.2 Å². The summed E-state index contributed by atoms with van der Waals surface area (Å²) in [6, 6.07) is 16.5. The largest absolute Gasteiger partial charge is 0.396 e. The molecule has 2 amide bonds. The van der Waals surface area contributed by atoms with Crippen molar-refractivity contribution in [1.29, 1.82) is 0 Å². The smallest absolute Gasteiger partial charge is 0.309 e. The normalized spacial score (nSPS) is 13.5. The number of nitrogens with one attached hydrogen (secondary N) is 2. The lowest BCUT2D eigenvalue weighted by atomic mass is 10.0. The number of nitrogens with zero attached hydrogens (tertiary/aromatic N) is 2. The van der Waals surface area contributed by atoms with E-state index in [1.807, 2.05) is 31.1 Å². The molecule has 2 aromatic rings. The molecule has 3 rings (SSSR count). The van der Waals surface area contributed by atoms with E-state index >= 15 is 0 Å². The van der Waals surface area contributed by atoms with Gasteiger partial charge in [-0.05, 0) is 42.2 Å². The quantitative estimate of drug-likeness (QED) is 0.453. The number of hydrogen-bond acceptors (Lipinski definition) is 5. The Morgan fingerprint density at radius 2 is 1.77 bits per heavy atom. The van der Waals surface area contributed by atoms with Crippen molar-refractivity contribution in [2.24, 2.45) is 0 Å². The second-order valence-electron chi connectivity index (χ2n) is 7.62. The van der Waals surface area contributed by atoms with Gasteiger partial charge in [0.15, 0.2) is 0 Å². The Hall–Kier alpha value is -3.06. The van der Waals surface area contributed by atoms with Crippen molar-refractivity contribution in [3.05, 3.63) is 59.7 Å². The number of fused-ring (bicyclic) bond motifs is 1. The molecular weight excluding hydrogens is 380 g/mol. The minimum Gasteiger partial charge on any atom is -0.396 e. The first-order chi connectivity index (χ1) is 14.5. The zero-order valence-electron chi connectivity index (χ0n) is 17.6. The first-order valence-electron chi connectivity index (χ1n) is 10.3. The van der Waals surface area contributed by atoms with E-state index in [1.165, 1.54) is 11.3 Å². The van der Waals surface area contributed by atoms with Gasteiger partial charge in [-0.3, -0.25) is 9.59 Å². The molecule has 160 valence electrons. The fraction of sp³-hybridized carbons (Fsp3) is 0.391. The van der Waals surface area contributed by atoms with Gasteiger partial charge in [0.1, 0.15) is 0 Å². The molecule has 0 saturated carbocycles. The highest BCUT2D eigenvalue weighted by Crippen LogP contribution is 2.35. The summed E-state index contributed by atoms with van der Waals surface area (Å²) in [5.74, 6) is -1.33. The fourth-order valence-corrected chi connectivity index (χ4v) is 3.72. The number of anilines is 2. The number of benzene rings is 2. The first kappa shape index (κ1) is 21.6. The number of carbonyl (C=O) groups excluding carboxylic acids is 2. The minimum absolute atomic E-state index is 0.0265. The summed E-state index contributed by atoms with van der Waals surface area (Å²) in [5, 5.41) is 14.1. The maximum atomic E-state index is 12.3. The SMILES string of the molecule is CN(C)c1ccc([C@H](CNC(=O)C(=O)NCCCO)N2CCc3ccccc32)cc1. The third-order valence-electron chi connectivity index (χ3n) is 5.38. The summed E-state index contributed by atoms with van der Waals surface area (Å²) in [7, 11) is 4.00. The van der Waals surface area contributed by atoms with E-state index in [9.17, 15) is 9.59 Å².